The van der Waals surface area contributed by atoms with Crippen molar-refractivity contribution in [1.29, 1.82) is 0 Å². The number of halogens is 1. The van der Waals surface area contributed by atoms with Crippen LogP contribution in [0.4, 0.5) is 4.39 Å². The minimum Gasteiger partial charge on any atom is -0.505 e. The minimum absolute atomic E-state index is 0.0684. The molecule has 0 saturated heterocycles. The predicted octanol–water partition coefficient (Wildman–Crippen LogP) is 2.82. The molecule has 0 heterocycles. The zero-order valence-corrected chi connectivity index (χ0v) is 11.7. The van der Waals surface area contributed by atoms with E-state index in [-0.39, 0.29) is 17.3 Å². The molecule has 4 heteroatoms. The van der Waals surface area contributed by atoms with Gasteiger partial charge in [0, 0.05) is 30.2 Å². The van der Waals surface area contributed by atoms with Crippen molar-refractivity contribution in [2.45, 2.75) is 45.9 Å². The van der Waals surface area contributed by atoms with Crippen molar-refractivity contribution in [3.63, 3.8) is 0 Å². The van der Waals surface area contributed by atoms with Crippen LogP contribution in [0.2, 0.25) is 0 Å². The molecule has 0 spiro atoms. The van der Waals surface area contributed by atoms with E-state index < -0.39 is 5.82 Å². The van der Waals surface area contributed by atoms with Crippen molar-refractivity contribution in [1.82, 2.24) is 5.32 Å². The van der Waals surface area contributed by atoms with E-state index in [1.165, 1.54) is 6.07 Å². The molecule has 2 atom stereocenters. The summed E-state index contributed by atoms with van der Waals surface area (Å²) in [6, 6.07) is 4.93. The molecule has 1 saturated carbocycles. The van der Waals surface area contributed by atoms with Crippen LogP contribution >= 0.6 is 0 Å². The normalized spacial score (nSPS) is 25.1. The third-order valence-electron chi connectivity index (χ3n) is 4.15. The van der Waals surface area contributed by atoms with Crippen LogP contribution in [0.1, 0.15) is 32.8 Å². The molecular weight excluding hydrogens is 245 g/mol. The van der Waals surface area contributed by atoms with E-state index in [0.717, 1.165) is 13.0 Å². The summed E-state index contributed by atoms with van der Waals surface area (Å²) in [4.78, 5) is 0. The maximum Gasteiger partial charge on any atom is 0.165 e. The summed E-state index contributed by atoms with van der Waals surface area (Å²) >= 11 is 0. The fraction of sp³-hybridized carbons (Fsp3) is 0.600. The van der Waals surface area contributed by atoms with E-state index in [1.54, 1.807) is 12.1 Å². The molecule has 0 aliphatic heterocycles. The van der Waals surface area contributed by atoms with E-state index in [0.29, 0.717) is 18.2 Å². The van der Waals surface area contributed by atoms with Gasteiger partial charge in [-0.05, 0) is 19.4 Å². The van der Waals surface area contributed by atoms with Gasteiger partial charge in [0.25, 0.3) is 0 Å². The van der Waals surface area contributed by atoms with Gasteiger partial charge in [-0.25, -0.2) is 4.39 Å². The highest BCUT2D eigenvalue weighted by Crippen LogP contribution is 2.42. The standard InChI is InChI=1S/C15H22FNO2/c1-4-19-13-8-12(15(13,2)3)17-9-10-6-5-7-11(16)14(10)18/h5-7,12-13,17-18H,4,8-9H2,1-3H3. The number of ether oxygens (including phenoxy) is 1. The second kappa shape index (κ2) is 5.47. The van der Waals surface area contributed by atoms with Gasteiger partial charge in [0.05, 0.1) is 6.10 Å². The number of hydrogen-bond acceptors (Lipinski definition) is 3. The van der Waals surface area contributed by atoms with Gasteiger partial charge >= 0.3 is 0 Å². The highest BCUT2D eigenvalue weighted by molar-refractivity contribution is 5.33. The highest BCUT2D eigenvalue weighted by atomic mass is 19.1. The number of phenolic OH excluding ortho intramolecular Hbond substituents is 1. The fourth-order valence-corrected chi connectivity index (χ4v) is 2.65. The fourth-order valence-electron chi connectivity index (χ4n) is 2.65. The summed E-state index contributed by atoms with van der Waals surface area (Å²) < 4.78 is 18.9. The number of rotatable bonds is 5. The minimum atomic E-state index is -0.570. The molecule has 1 aliphatic rings. The largest absolute Gasteiger partial charge is 0.505 e. The molecule has 2 rings (SSSR count). The van der Waals surface area contributed by atoms with Crippen LogP contribution in [0.15, 0.2) is 18.2 Å². The Hall–Kier alpha value is -1.13. The lowest BCUT2D eigenvalue weighted by molar-refractivity contribution is -0.114. The van der Waals surface area contributed by atoms with Crippen molar-refractivity contribution >= 4 is 0 Å². The molecule has 2 unspecified atom stereocenters. The molecule has 3 nitrogen and oxygen atoms in total. The molecular formula is C15H22FNO2. The first-order valence-electron chi connectivity index (χ1n) is 6.78. The number of benzene rings is 1. The van der Waals surface area contributed by atoms with E-state index in [1.807, 2.05) is 6.92 Å². The molecule has 106 valence electrons. The SMILES string of the molecule is CCOC1CC(NCc2cccc(F)c2O)C1(C)C. The topological polar surface area (TPSA) is 41.5 Å². The third-order valence-corrected chi connectivity index (χ3v) is 4.15. The summed E-state index contributed by atoms with van der Waals surface area (Å²) in [5.41, 5.74) is 0.662. The molecule has 0 amide bonds. The number of para-hydroxylation sites is 1. The molecule has 1 aromatic rings. The van der Waals surface area contributed by atoms with Gasteiger partial charge < -0.3 is 15.2 Å². The molecule has 1 fully saturated rings. The van der Waals surface area contributed by atoms with Gasteiger partial charge in [0.1, 0.15) is 0 Å². The average Bonchev–Trinajstić information content (AvgIpc) is 2.37. The first-order valence-corrected chi connectivity index (χ1v) is 6.78. The monoisotopic (exact) mass is 267 g/mol. The Morgan fingerprint density at radius 3 is 2.84 bits per heavy atom. The highest BCUT2D eigenvalue weighted by Gasteiger charge is 2.48. The van der Waals surface area contributed by atoms with Crippen LogP contribution < -0.4 is 5.32 Å². The lowest BCUT2D eigenvalue weighted by atomic mass is 9.64. The number of hydrogen-bond donors (Lipinski definition) is 2. The molecule has 2 N–H and O–H groups in total. The number of nitrogens with one attached hydrogen (secondary N) is 1. The Morgan fingerprint density at radius 1 is 1.47 bits per heavy atom. The zero-order chi connectivity index (χ0) is 14.0. The van der Waals surface area contributed by atoms with Crippen molar-refractivity contribution in [3.8, 4) is 5.75 Å². The second-order valence-corrected chi connectivity index (χ2v) is 5.68. The van der Waals surface area contributed by atoms with Gasteiger partial charge in [0.2, 0.25) is 0 Å². The van der Waals surface area contributed by atoms with Crippen molar-refractivity contribution in [2.75, 3.05) is 6.61 Å². The Balaban J connectivity index is 1.92. The van der Waals surface area contributed by atoms with E-state index >= 15 is 0 Å². The quantitative estimate of drug-likeness (QED) is 0.862. The zero-order valence-electron chi connectivity index (χ0n) is 11.7. The van der Waals surface area contributed by atoms with Crippen molar-refractivity contribution in [2.24, 2.45) is 5.41 Å². The van der Waals surface area contributed by atoms with Gasteiger partial charge in [-0.2, -0.15) is 0 Å². The van der Waals surface area contributed by atoms with Crippen LogP contribution in [0.5, 0.6) is 5.75 Å². The maximum atomic E-state index is 13.2. The lowest BCUT2D eigenvalue weighted by Crippen LogP contribution is -2.60. The summed E-state index contributed by atoms with van der Waals surface area (Å²) in [6.45, 7) is 7.53. The Labute approximate surface area is 113 Å². The number of aromatic hydroxyl groups is 1. The Bertz CT molecular complexity index is 448. The Morgan fingerprint density at radius 2 is 2.21 bits per heavy atom. The van der Waals surface area contributed by atoms with Crippen LogP contribution in [0, 0.1) is 11.2 Å². The summed E-state index contributed by atoms with van der Waals surface area (Å²) in [7, 11) is 0. The summed E-state index contributed by atoms with van der Waals surface area (Å²) in [5.74, 6) is -0.826. The first-order chi connectivity index (χ1) is 8.96. The van der Waals surface area contributed by atoms with Gasteiger partial charge in [-0.3, -0.25) is 0 Å². The van der Waals surface area contributed by atoms with Crippen LogP contribution in [-0.4, -0.2) is 23.9 Å². The maximum absolute atomic E-state index is 13.2. The smallest absolute Gasteiger partial charge is 0.165 e. The summed E-state index contributed by atoms with van der Waals surface area (Å²) in [6.07, 6.45) is 1.23. The molecule has 0 radical (unpaired) electrons. The molecule has 1 aliphatic carbocycles. The van der Waals surface area contributed by atoms with Gasteiger partial charge in [0.15, 0.2) is 11.6 Å². The number of phenols is 1. The first kappa shape index (κ1) is 14.3. The molecule has 0 bridgehead atoms. The van der Waals surface area contributed by atoms with Crippen LogP contribution in [0.3, 0.4) is 0 Å². The van der Waals surface area contributed by atoms with Crippen LogP contribution in [-0.2, 0) is 11.3 Å². The van der Waals surface area contributed by atoms with E-state index in [2.05, 4.69) is 19.2 Å². The second-order valence-electron chi connectivity index (χ2n) is 5.68. The lowest BCUT2D eigenvalue weighted by Gasteiger charge is -2.52. The van der Waals surface area contributed by atoms with Crippen molar-refractivity contribution in [3.05, 3.63) is 29.6 Å². The van der Waals surface area contributed by atoms with E-state index in [9.17, 15) is 9.50 Å². The van der Waals surface area contributed by atoms with E-state index in [4.69, 9.17) is 4.74 Å². The predicted molar refractivity (Wildman–Crippen MR) is 72.5 cm³/mol. The summed E-state index contributed by atoms with van der Waals surface area (Å²) in [5, 5.41) is 13.0. The van der Waals surface area contributed by atoms with Gasteiger partial charge in [-0.1, -0.05) is 26.0 Å². The van der Waals surface area contributed by atoms with Gasteiger partial charge in [-0.15, -0.1) is 0 Å². The average molecular weight is 267 g/mol. The molecule has 19 heavy (non-hydrogen) atoms. The Kier molecular flexibility index (Phi) is 4.11. The molecule has 1 aromatic carbocycles. The van der Waals surface area contributed by atoms with Crippen LogP contribution in [0.25, 0.3) is 0 Å². The van der Waals surface area contributed by atoms with Crippen molar-refractivity contribution < 1.29 is 14.2 Å². The third kappa shape index (κ3) is 2.74. The molecule has 0 aromatic heterocycles.